The summed E-state index contributed by atoms with van der Waals surface area (Å²) in [6.45, 7) is 5.56. The summed E-state index contributed by atoms with van der Waals surface area (Å²) in [5.74, 6) is 0.507. The Labute approximate surface area is 204 Å². The normalized spacial score (nSPS) is 11.4. The lowest BCUT2D eigenvalue weighted by atomic mass is 10.1. The van der Waals surface area contributed by atoms with Crippen LogP contribution in [0.15, 0.2) is 59.8 Å². The molecule has 35 heavy (non-hydrogen) atoms. The number of thiol groups is 1. The van der Waals surface area contributed by atoms with Crippen LogP contribution in [0.5, 0.6) is 0 Å². The molecule has 180 valence electrons. The Bertz CT molecular complexity index is 1400. The number of rotatable bonds is 5. The Kier molecular flexibility index (Phi) is 6.53. The highest BCUT2D eigenvalue weighted by molar-refractivity contribution is 7.80. The number of amides is 1. The highest BCUT2D eigenvalue weighted by Gasteiger charge is 2.30. The van der Waals surface area contributed by atoms with Crippen molar-refractivity contribution in [1.29, 1.82) is 0 Å². The van der Waals surface area contributed by atoms with E-state index in [-0.39, 0.29) is 5.56 Å². The van der Waals surface area contributed by atoms with Crippen LogP contribution in [-0.2, 0) is 6.18 Å². The molecule has 0 unspecified atom stereocenters. The fraction of sp³-hybridized carbons (Fsp3) is 0.167. The molecule has 0 aliphatic rings. The Morgan fingerprint density at radius 3 is 2.46 bits per heavy atom. The van der Waals surface area contributed by atoms with E-state index in [0.717, 1.165) is 29.1 Å². The Morgan fingerprint density at radius 2 is 1.74 bits per heavy atom. The average molecular weight is 499 g/mol. The molecule has 0 radical (unpaired) electrons. The second kappa shape index (κ2) is 9.41. The number of aryl methyl sites for hydroxylation is 3. The van der Waals surface area contributed by atoms with E-state index in [2.05, 4.69) is 38.3 Å². The van der Waals surface area contributed by atoms with Crippen LogP contribution in [0.25, 0.3) is 5.82 Å². The summed E-state index contributed by atoms with van der Waals surface area (Å²) in [6.07, 6.45) is -4.53. The molecule has 2 N–H and O–H groups in total. The van der Waals surface area contributed by atoms with Crippen LogP contribution in [0.1, 0.15) is 32.9 Å². The van der Waals surface area contributed by atoms with Crippen molar-refractivity contribution >= 4 is 35.7 Å². The predicted molar refractivity (Wildman–Crippen MR) is 130 cm³/mol. The number of carbonyl (C=O) groups excluding carboxylic acids is 1. The van der Waals surface area contributed by atoms with Crippen LogP contribution in [-0.4, -0.2) is 25.7 Å². The zero-order chi connectivity index (χ0) is 25.3. The smallest absolute Gasteiger partial charge is 0.340 e. The number of nitrogens with one attached hydrogen (secondary N) is 2. The van der Waals surface area contributed by atoms with Crippen LogP contribution in [0.4, 0.5) is 30.4 Å². The topological polar surface area (TPSA) is 84.7 Å². The molecule has 2 aromatic heterocycles. The molecular weight excluding hydrogens is 477 g/mol. The molecule has 4 rings (SSSR count). The van der Waals surface area contributed by atoms with Crippen molar-refractivity contribution in [2.75, 3.05) is 10.6 Å². The van der Waals surface area contributed by atoms with E-state index in [1.165, 1.54) is 12.1 Å². The first-order valence-electron chi connectivity index (χ1n) is 10.5. The monoisotopic (exact) mass is 498 g/mol. The maximum absolute atomic E-state index is 13.0. The van der Waals surface area contributed by atoms with E-state index in [1.54, 1.807) is 28.9 Å². The van der Waals surface area contributed by atoms with Crippen molar-refractivity contribution in [3.05, 3.63) is 82.7 Å². The van der Waals surface area contributed by atoms with Gasteiger partial charge in [-0.1, -0.05) is 12.1 Å². The summed E-state index contributed by atoms with van der Waals surface area (Å²) < 4.78 is 40.6. The van der Waals surface area contributed by atoms with Crippen molar-refractivity contribution in [1.82, 2.24) is 19.7 Å². The van der Waals surface area contributed by atoms with Gasteiger partial charge >= 0.3 is 6.18 Å². The van der Waals surface area contributed by atoms with E-state index in [1.807, 2.05) is 26.8 Å². The first-order chi connectivity index (χ1) is 16.5. The van der Waals surface area contributed by atoms with E-state index >= 15 is 0 Å². The zero-order valence-electron chi connectivity index (χ0n) is 19.0. The van der Waals surface area contributed by atoms with Crippen molar-refractivity contribution in [3.8, 4) is 5.82 Å². The SMILES string of the molecule is Cc1cc(-n2nc(C)cc2Nc2cc(NC(=O)c3cccc(C(F)(F)F)c3)ccc2C)nc(S)n1. The van der Waals surface area contributed by atoms with Crippen molar-refractivity contribution in [2.45, 2.75) is 32.1 Å². The number of carbonyl (C=O) groups is 1. The van der Waals surface area contributed by atoms with Crippen LogP contribution in [0.2, 0.25) is 0 Å². The molecule has 2 aromatic carbocycles. The molecule has 4 aromatic rings. The van der Waals surface area contributed by atoms with Gasteiger partial charge in [0.1, 0.15) is 5.82 Å². The van der Waals surface area contributed by atoms with Gasteiger partial charge < -0.3 is 10.6 Å². The third-order valence-electron chi connectivity index (χ3n) is 5.09. The number of alkyl halides is 3. The molecule has 0 saturated carbocycles. The van der Waals surface area contributed by atoms with Gasteiger partial charge in [-0.25, -0.2) is 9.97 Å². The van der Waals surface area contributed by atoms with Gasteiger partial charge in [-0.05, 0) is 56.7 Å². The second-order valence-corrected chi connectivity index (χ2v) is 8.34. The highest BCUT2D eigenvalue weighted by atomic mass is 32.1. The molecule has 0 saturated heterocycles. The molecule has 0 atom stereocenters. The fourth-order valence-corrected chi connectivity index (χ4v) is 3.68. The van der Waals surface area contributed by atoms with Gasteiger partial charge in [0.25, 0.3) is 5.91 Å². The van der Waals surface area contributed by atoms with Crippen molar-refractivity contribution in [2.24, 2.45) is 0 Å². The first-order valence-corrected chi connectivity index (χ1v) is 10.9. The molecule has 2 heterocycles. The molecule has 0 bridgehead atoms. The van der Waals surface area contributed by atoms with Gasteiger partial charge in [0.05, 0.1) is 11.3 Å². The van der Waals surface area contributed by atoms with E-state index in [0.29, 0.717) is 28.2 Å². The minimum atomic E-state index is -4.53. The highest BCUT2D eigenvalue weighted by Crippen LogP contribution is 2.30. The Hall–Kier alpha value is -3.86. The molecule has 7 nitrogen and oxygen atoms in total. The minimum absolute atomic E-state index is 0.0923. The van der Waals surface area contributed by atoms with E-state index < -0.39 is 17.6 Å². The van der Waals surface area contributed by atoms with E-state index in [4.69, 9.17) is 0 Å². The average Bonchev–Trinajstić information content (AvgIpc) is 3.15. The number of nitrogens with zero attached hydrogens (tertiary/aromatic N) is 4. The summed E-state index contributed by atoms with van der Waals surface area (Å²) in [4.78, 5) is 21.1. The molecule has 1 amide bonds. The maximum Gasteiger partial charge on any atom is 0.416 e. The Morgan fingerprint density at radius 1 is 0.971 bits per heavy atom. The van der Waals surface area contributed by atoms with Gasteiger partial charge in [0, 0.05) is 34.8 Å². The molecule has 0 aliphatic heterocycles. The molecule has 0 aliphatic carbocycles. The van der Waals surface area contributed by atoms with Crippen molar-refractivity contribution in [3.63, 3.8) is 0 Å². The first kappa shape index (κ1) is 24.3. The number of hydrogen-bond acceptors (Lipinski definition) is 6. The lowest BCUT2D eigenvalue weighted by Gasteiger charge is -2.14. The van der Waals surface area contributed by atoms with Gasteiger partial charge in [0.2, 0.25) is 0 Å². The molecular formula is C24H21F3N6OS. The zero-order valence-corrected chi connectivity index (χ0v) is 19.9. The van der Waals surface area contributed by atoms with Gasteiger partial charge in [0.15, 0.2) is 11.0 Å². The lowest BCUT2D eigenvalue weighted by molar-refractivity contribution is -0.137. The quantitative estimate of drug-likeness (QED) is 0.236. The summed E-state index contributed by atoms with van der Waals surface area (Å²) in [6, 6.07) is 13.1. The summed E-state index contributed by atoms with van der Waals surface area (Å²) in [7, 11) is 0. The number of aromatic nitrogens is 4. The summed E-state index contributed by atoms with van der Waals surface area (Å²) in [5, 5.41) is 10.8. The van der Waals surface area contributed by atoms with E-state index in [9.17, 15) is 18.0 Å². The maximum atomic E-state index is 13.0. The fourth-order valence-electron chi connectivity index (χ4n) is 3.42. The second-order valence-electron chi connectivity index (χ2n) is 7.94. The molecule has 11 heteroatoms. The summed E-state index contributed by atoms with van der Waals surface area (Å²) in [5.41, 5.74) is 2.46. The molecule has 0 fully saturated rings. The van der Waals surface area contributed by atoms with Gasteiger partial charge in [-0.3, -0.25) is 4.79 Å². The third-order valence-corrected chi connectivity index (χ3v) is 5.29. The van der Waals surface area contributed by atoms with Crippen LogP contribution in [0.3, 0.4) is 0 Å². The predicted octanol–water partition coefficient (Wildman–Crippen LogP) is 5.89. The van der Waals surface area contributed by atoms with Crippen LogP contribution < -0.4 is 10.6 Å². The number of anilines is 3. The largest absolute Gasteiger partial charge is 0.416 e. The van der Waals surface area contributed by atoms with Gasteiger partial charge in [-0.15, -0.1) is 12.6 Å². The minimum Gasteiger partial charge on any atom is -0.340 e. The third kappa shape index (κ3) is 5.62. The number of hydrogen-bond donors (Lipinski definition) is 3. The standard InChI is InChI=1S/C24H21F3N6OS/c1-13-7-8-18(29-22(34)16-5-4-6-17(11-16)24(25,26)27)12-19(13)30-20-10-15(3)32-33(20)21-9-14(2)28-23(35)31-21/h4-12,30H,1-3H3,(H,29,34)(H,28,31,35). The van der Waals surface area contributed by atoms with Crippen LogP contribution in [0, 0.1) is 20.8 Å². The number of halogens is 3. The van der Waals surface area contributed by atoms with Crippen molar-refractivity contribution < 1.29 is 18.0 Å². The Balaban J connectivity index is 1.60. The van der Waals surface area contributed by atoms with Crippen LogP contribution >= 0.6 is 12.6 Å². The summed E-state index contributed by atoms with van der Waals surface area (Å²) >= 11 is 4.24. The number of benzene rings is 2. The lowest BCUT2D eigenvalue weighted by Crippen LogP contribution is -2.14. The molecule has 0 spiro atoms. The van der Waals surface area contributed by atoms with Gasteiger partial charge in [-0.2, -0.15) is 23.0 Å².